The quantitative estimate of drug-likeness (QED) is 0.722. The van der Waals surface area contributed by atoms with E-state index in [4.69, 9.17) is 9.97 Å². The summed E-state index contributed by atoms with van der Waals surface area (Å²) in [6.07, 6.45) is 6.79. The van der Waals surface area contributed by atoms with E-state index in [1.54, 1.807) is 21.7 Å². The Bertz CT molecular complexity index is 1100. The molecule has 0 radical (unpaired) electrons. The van der Waals surface area contributed by atoms with Crippen molar-refractivity contribution in [3.05, 3.63) is 34.7 Å². The maximum absolute atomic E-state index is 12.6. The third-order valence-electron chi connectivity index (χ3n) is 5.70. The monoisotopic (exact) mass is 448 g/mol. The maximum atomic E-state index is 12.6. The van der Waals surface area contributed by atoms with E-state index in [0.717, 1.165) is 40.0 Å². The third-order valence-corrected chi connectivity index (χ3v) is 8.65. The van der Waals surface area contributed by atoms with Crippen molar-refractivity contribution in [2.75, 3.05) is 36.8 Å². The standard InChI is InChI=1S/C21H28N4O3S2/c1-3-4-13-30(27,28)25-11-9-24(10-12-25)20-18-15(2)14-29-21(18)23-19(22-20)16-7-5-6-8-17(16)26/h6,8,14,26H,3-5,7,9-13H2,1-2H3. The van der Waals surface area contributed by atoms with E-state index in [1.165, 1.54) is 0 Å². The minimum Gasteiger partial charge on any atom is -0.508 e. The lowest BCUT2D eigenvalue weighted by Crippen LogP contribution is -2.49. The first kappa shape index (κ1) is 21.3. The largest absolute Gasteiger partial charge is 0.508 e. The van der Waals surface area contributed by atoms with Gasteiger partial charge >= 0.3 is 0 Å². The van der Waals surface area contributed by atoms with E-state index in [1.807, 2.05) is 13.0 Å². The molecule has 1 saturated heterocycles. The molecule has 3 heterocycles. The van der Waals surface area contributed by atoms with E-state index >= 15 is 0 Å². The van der Waals surface area contributed by atoms with Crippen LogP contribution in [0.4, 0.5) is 5.82 Å². The van der Waals surface area contributed by atoms with Crippen LogP contribution in [0.5, 0.6) is 0 Å². The summed E-state index contributed by atoms with van der Waals surface area (Å²) in [5, 5.41) is 13.4. The van der Waals surface area contributed by atoms with Gasteiger partial charge < -0.3 is 10.0 Å². The summed E-state index contributed by atoms with van der Waals surface area (Å²) in [4.78, 5) is 12.7. The second-order valence-corrected chi connectivity index (χ2v) is 10.8. The molecule has 1 aliphatic carbocycles. The molecule has 0 unspecified atom stereocenters. The number of anilines is 1. The van der Waals surface area contributed by atoms with Gasteiger partial charge in [0.1, 0.15) is 16.4 Å². The Morgan fingerprint density at radius 2 is 1.97 bits per heavy atom. The smallest absolute Gasteiger partial charge is 0.214 e. The highest BCUT2D eigenvalue weighted by Gasteiger charge is 2.29. The summed E-state index contributed by atoms with van der Waals surface area (Å²) in [6, 6.07) is 0. The van der Waals surface area contributed by atoms with Crippen LogP contribution in [0.15, 0.2) is 23.3 Å². The normalized spacial score (nSPS) is 18.5. The number of piperazine rings is 1. The summed E-state index contributed by atoms with van der Waals surface area (Å²) < 4.78 is 26.7. The number of aromatic nitrogens is 2. The molecule has 2 aliphatic rings. The second-order valence-electron chi connectivity index (χ2n) is 7.83. The molecule has 4 rings (SSSR count). The predicted octanol–water partition coefficient (Wildman–Crippen LogP) is 3.87. The zero-order chi connectivity index (χ0) is 21.3. The molecule has 1 fully saturated rings. The Morgan fingerprint density at radius 3 is 2.67 bits per heavy atom. The van der Waals surface area contributed by atoms with E-state index in [-0.39, 0.29) is 11.5 Å². The Balaban J connectivity index is 1.64. The first-order chi connectivity index (χ1) is 14.4. The van der Waals surface area contributed by atoms with Gasteiger partial charge in [-0.3, -0.25) is 0 Å². The number of unbranched alkanes of at least 4 members (excludes halogenated alkanes) is 1. The third kappa shape index (κ3) is 4.10. The predicted molar refractivity (Wildman–Crippen MR) is 123 cm³/mol. The van der Waals surface area contributed by atoms with Gasteiger partial charge in [-0.15, -0.1) is 11.3 Å². The van der Waals surface area contributed by atoms with Crippen LogP contribution in [0.2, 0.25) is 0 Å². The fourth-order valence-corrected chi connectivity index (χ4v) is 6.48. The van der Waals surface area contributed by atoms with E-state index in [9.17, 15) is 13.5 Å². The SMILES string of the molecule is CCCCS(=O)(=O)N1CCN(c2nc(C3=C(O)C=CCC3)nc3scc(C)c23)CC1. The van der Waals surface area contributed by atoms with Crippen molar-refractivity contribution in [1.29, 1.82) is 0 Å². The number of thiophene rings is 1. The Hall–Kier alpha value is -1.97. The van der Waals surface area contributed by atoms with Crippen molar-refractivity contribution in [2.24, 2.45) is 0 Å². The minimum atomic E-state index is -3.20. The van der Waals surface area contributed by atoms with Crippen molar-refractivity contribution >= 4 is 43.0 Å². The van der Waals surface area contributed by atoms with Gasteiger partial charge in [0.2, 0.25) is 10.0 Å². The van der Waals surface area contributed by atoms with Crippen LogP contribution in [0.25, 0.3) is 15.8 Å². The Kier molecular flexibility index (Phi) is 6.13. The molecule has 0 atom stereocenters. The molecular weight excluding hydrogens is 420 g/mol. The number of hydrogen-bond donors (Lipinski definition) is 1. The molecule has 1 aliphatic heterocycles. The van der Waals surface area contributed by atoms with Gasteiger partial charge in [-0.1, -0.05) is 19.4 Å². The first-order valence-electron chi connectivity index (χ1n) is 10.5. The van der Waals surface area contributed by atoms with Gasteiger partial charge in [-0.05, 0) is 43.2 Å². The highest BCUT2D eigenvalue weighted by Crippen LogP contribution is 2.35. The number of rotatable bonds is 6. The topological polar surface area (TPSA) is 86.6 Å². The van der Waals surface area contributed by atoms with Crippen LogP contribution in [0, 0.1) is 6.92 Å². The molecule has 0 bridgehead atoms. The van der Waals surface area contributed by atoms with E-state index < -0.39 is 10.0 Å². The number of allylic oxidation sites excluding steroid dienone is 3. The Morgan fingerprint density at radius 1 is 1.20 bits per heavy atom. The number of aliphatic hydroxyl groups excluding tert-OH is 1. The van der Waals surface area contributed by atoms with Crippen LogP contribution in [-0.2, 0) is 10.0 Å². The van der Waals surface area contributed by atoms with Crippen molar-refractivity contribution in [3.63, 3.8) is 0 Å². The summed E-state index contributed by atoms with van der Waals surface area (Å²) in [5.74, 6) is 1.86. The fraction of sp³-hybridized carbons (Fsp3) is 0.524. The number of fused-ring (bicyclic) bond motifs is 1. The number of aliphatic hydroxyl groups is 1. The highest BCUT2D eigenvalue weighted by atomic mass is 32.2. The van der Waals surface area contributed by atoms with Gasteiger partial charge in [0.05, 0.1) is 11.1 Å². The van der Waals surface area contributed by atoms with Crippen LogP contribution in [-0.4, -0.2) is 59.7 Å². The van der Waals surface area contributed by atoms with E-state index in [2.05, 4.69) is 17.2 Å². The van der Waals surface area contributed by atoms with Crippen molar-refractivity contribution in [3.8, 4) is 0 Å². The van der Waals surface area contributed by atoms with Crippen molar-refractivity contribution in [2.45, 2.75) is 39.5 Å². The molecule has 0 amide bonds. The zero-order valence-corrected chi connectivity index (χ0v) is 19.1. The lowest BCUT2D eigenvalue weighted by molar-refractivity contribution is 0.383. The number of nitrogens with zero attached hydrogens (tertiary/aromatic N) is 4. The molecule has 30 heavy (non-hydrogen) atoms. The van der Waals surface area contributed by atoms with Crippen LogP contribution >= 0.6 is 11.3 Å². The van der Waals surface area contributed by atoms with Gasteiger partial charge in [0, 0.05) is 31.8 Å². The second kappa shape index (κ2) is 8.64. The lowest BCUT2D eigenvalue weighted by Gasteiger charge is -2.35. The van der Waals surface area contributed by atoms with Gasteiger partial charge in [0.25, 0.3) is 0 Å². The van der Waals surface area contributed by atoms with Crippen LogP contribution < -0.4 is 4.90 Å². The minimum absolute atomic E-state index is 0.218. The number of aryl methyl sites for hydroxylation is 1. The number of hydrogen-bond acceptors (Lipinski definition) is 7. The van der Waals surface area contributed by atoms with Crippen LogP contribution in [0.1, 0.15) is 44.0 Å². The summed E-state index contributed by atoms with van der Waals surface area (Å²) >= 11 is 1.58. The first-order valence-corrected chi connectivity index (χ1v) is 13.0. The zero-order valence-electron chi connectivity index (χ0n) is 17.5. The van der Waals surface area contributed by atoms with Crippen molar-refractivity contribution in [1.82, 2.24) is 14.3 Å². The molecule has 9 heteroatoms. The maximum Gasteiger partial charge on any atom is 0.214 e. The van der Waals surface area contributed by atoms with E-state index in [0.29, 0.717) is 44.8 Å². The molecule has 7 nitrogen and oxygen atoms in total. The van der Waals surface area contributed by atoms with Crippen molar-refractivity contribution < 1.29 is 13.5 Å². The average Bonchev–Trinajstić information content (AvgIpc) is 3.13. The summed E-state index contributed by atoms with van der Waals surface area (Å²) in [5.41, 5.74) is 1.89. The molecule has 0 aromatic carbocycles. The van der Waals surface area contributed by atoms with Gasteiger partial charge in [-0.2, -0.15) is 4.31 Å². The number of sulfonamides is 1. The average molecular weight is 449 g/mol. The molecule has 0 saturated carbocycles. The van der Waals surface area contributed by atoms with Gasteiger partial charge in [0.15, 0.2) is 5.82 Å². The van der Waals surface area contributed by atoms with Crippen LogP contribution in [0.3, 0.4) is 0 Å². The molecule has 2 aromatic rings. The Labute approximate surface area is 181 Å². The molecular formula is C21H28N4O3S2. The summed E-state index contributed by atoms with van der Waals surface area (Å²) in [7, 11) is -3.20. The molecule has 0 spiro atoms. The summed E-state index contributed by atoms with van der Waals surface area (Å²) in [6.45, 7) is 6.18. The molecule has 1 N–H and O–H groups in total. The van der Waals surface area contributed by atoms with Gasteiger partial charge in [-0.25, -0.2) is 18.4 Å². The molecule has 2 aromatic heterocycles. The molecule has 162 valence electrons. The highest BCUT2D eigenvalue weighted by molar-refractivity contribution is 7.89. The lowest BCUT2D eigenvalue weighted by atomic mass is 10.0. The fourth-order valence-electron chi connectivity index (χ4n) is 3.94.